The Morgan fingerprint density at radius 1 is 0.553 bits per heavy atom. The molecule has 0 saturated heterocycles. The maximum atomic E-state index is 11.6. The molecule has 0 heterocycles. The summed E-state index contributed by atoms with van der Waals surface area (Å²) in [6, 6.07) is 0. The van der Waals surface area contributed by atoms with Crippen LogP contribution in [0.15, 0.2) is 0 Å². The summed E-state index contributed by atoms with van der Waals surface area (Å²) in [5.41, 5.74) is -1.01. The molecule has 222 valence electrons. The van der Waals surface area contributed by atoms with Gasteiger partial charge in [0.05, 0.1) is 13.2 Å². The molecule has 0 aliphatic rings. The smallest absolute Gasteiger partial charge is 0.432 e. The van der Waals surface area contributed by atoms with E-state index in [4.69, 9.17) is 29.0 Å². The fourth-order valence-corrected chi connectivity index (χ4v) is 3.50. The molecule has 8 nitrogen and oxygen atoms in total. The summed E-state index contributed by atoms with van der Waals surface area (Å²) in [6.45, 7) is 12.5. The molecule has 0 N–H and O–H groups in total. The van der Waals surface area contributed by atoms with Crippen LogP contribution in [0.1, 0.15) is 144 Å². The van der Waals surface area contributed by atoms with Crippen molar-refractivity contribution in [2.45, 2.75) is 155 Å². The van der Waals surface area contributed by atoms with Gasteiger partial charge in [0.25, 0.3) is 0 Å². The molecule has 0 aromatic carbocycles. The van der Waals surface area contributed by atoms with Crippen molar-refractivity contribution >= 4 is 12.3 Å². The summed E-state index contributed by atoms with van der Waals surface area (Å²) in [4.78, 5) is 43.3. The van der Waals surface area contributed by atoms with Crippen molar-refractivity contribution < 1.29 is 38.6 Å². The number of carbonyl (C=O) groups is 2. The summed E-state index contributed by atoms with van der Waals surface area (Å²) in [7, 11) is 0. The number of carbonyl (C=O) groups excluding carboxylic acids is 2. The lowest BCUT2D eigenvalue weighted by atomic mass is 10.0. The molecule has 0 aromatic rings. The average molecular weight is 543 g/mol. The van der Waals surface area contributed by atoms with E-state index in [1.54, 1.807) is 0 Å². The van der Waals surface area contributed by atoms with Crippen LogP contribution >= 0.6 is 0 Å². The van der Waals surface area contributed by atoms with E-state index in [0.29, 0.717) is 13.2 Å². The van der Waals surface area contributed by atoms with Crippen molar-refractivity contribution in [2.75, 3.05) is 13.2 Å². The number of unbranched alkanes of at least 4 members (excludes halogenated alkanes) is 10. The van der Waals surface area contributed by atoms with E-state index in [-0.39, 0.29) is 0 Å². The van der Waals surface area contributed by atoms with E-state index in [2.05, 4.69) is 25.7 Å². The highest BCUT2D eigenvalue weighted by Gasteiger charge is 2.23. The van der Waals surface area contributed by atoms with Gasteiger partial charge in [0.1, 0.15) is 11.2 Å². The minimum absolute atomic E-state index is 0.310. The molecule has 0 aromatic heterocycles. The predicted octanol–water partition coefficient (Wildman–Crippen LogP) is 9.00. The first-order valence-corrected chi connectivity index (χ1v) is 14.6. The first kappa shape index (κ1) is 36.0. The van der Waals surface area contributed by atoms with Gasteiger partial charge in [0.15, 0.2) is 0 Å². The van der Waals surface area contributed by atoms with Gasteiger partial charge in [-0.05, 0) is 79.1 Å². The predicted molar refractivity (Wildman–Crippen MR) is 148 cm³/mol. The molecule has 0 rings (SSSR count). The number of ether oxygens (including phenoxy) is 2. The molecule has 0 atom stereocenters. The van der Waals surface area contributed by atoms with Crippen LogP contribution < -0.4 is 0 Å². The first-order chi connectivity index (χ1) is 18.1. The fourth-order valence-electron chi connectivity index (χ4n) is 3.50. The molecule has 0 bridgehead atoms. The molecular weight excluding hydrogens is 488 g/mol. The summed E-state index contributed by atoms with van der Waals surface area (Å²) in [6.07, 6.45) is 13.6. The lowest BCUT2D eigenvalue weighted by molar-refractivity contribution is -0.318. The van der Waals surface area contributed by atoms with Crippen molar-refractivity contribution in [3.63, 3.8) is 0 Å². The normalized spacial score (nSPS) is 11.4. The summed E-state index contributed by atoms with van der Waals surface area (Å²) in [5.74, 6) is 6.35. The van der Waals surface area contributed by atoms with E-state index < -0.39 is 23.5 Å². The molecule has 0 spiro atoms. The van der Waals surface area contributed by atoms with Crippen LogP contribution in [0, 0.1) is 11.8 Å². The summed E-state index contributed by atoms with van der Waals surface area (Å²) in [5, 5.41) is 0. The van der Waals surface area contributed by atoms with E-state index in [1.807, 2.05) is 27.7 Å². The van der Waals surface area contributed by atoms with Crippen molar-refractivity contribution in [1.82, 2.24) is 0 Å². The van der Waals surface area contributed by atoms with Gasteiger partial charge >= 0.3 is 12.3 Å². The van der Waals surface area contributed by atoms with Crippen LogP contribution in [0.4, 0.5) is 9.59 Å². The van der Waals surface area contributed by atoms with Crippen molar-refractivity contribution in [1.29, 1.82) is 0 Å². The SMILES string of the molecule is CCCCCC(C)(C)OOC(=O)OCCCCCC#CCCCCCOC(=O)OOC(C)(C)CCCCC. The standard InChI is InChI=1S/C30H54O8/c1-7-9-19-23-29(3,4)37-35-27(31)33-25-21-17-15-13-11-12-14-16-18-22-26-34-28(32)36-38-30(5,6)24-20-10-8-2/h7-10,13-26H2,1-6H3. The Morgan fingerprint density at radius 3 is 1.32 bits per heavy atom. The van der Waals surface area contributed by atoms with Gasteiger partial charge in [-0.25, -0.2) is 9.59 Å². The highest BCUT2D eigenvalue weighted by molar-refractivity contribution is 5.59. The third-order valence-electron chi connectivity index (χ3n) is 5.89. The minimum atomic E-state index is -0.786. The lowest BCUT2D eigenvalue weighted by Crippen LogP contribution is -2.26. The highest BCUT2D eigenvalue weighted by Crippen LogP contribution is 2.20. The zero-order valence-electron chi connectivity index (χ0n) is 25.0. The third kappa shape index (κ3) is 24.4. The quantitative estimate of drug-likeness (QED) is 0.0440. The van der Waals surface area contributed by atoms with Gasteiger partial charge in [-0.2, -0.15) is 9.78 Å². The van der Waals surface area contributed by atoms with Gasteiger partial charge in [-0.1, -0.05) is 52.4 Å². The summed E-state index contributed by atoms with van der Waals surface area (Å²) < 4.78 is 10.1. The van der Waals surface area contributed by atoms with Gasteiger partial charge in [0, 0.05) is 12.8 Å². The van der Waals surface area contributed by atoms with Gasteiger partial charge < -0.3 is 9.47 Å². The maximum Gasteiger partial charge on any atom is 0.540 e. The van der Waals surface area contributed by atoms with E-state index in [1.165, 1.54) is 0 Å². The van der Waals surface area contributed by atoms with Crippen LogP contribution in [-0.2, 0) is 29.0 Å². The second-order valence-corrected chi connectivity index (χ2v) is 10.9. The molecule has 8 heteroatoms. The second kappa shape index (κ2) is 23.0. The van der Waals surface area contributed by atoms with Crippen molar-refractivity contribution in [2.24, 2.45) is 0 Å². The van der Waals surface area contributed by atoms with Crippen LogP contribution in [0.5, 0.6) is 0 Å². The Kier molecular flexibility index (Phi) is 21.8. The first-order valence-electron chi connectivity index (χ1n) is 14.6. The van der Waals surface area contributed by atoms with Gasteiger partial charge in [0.2, 0.25) is 0 Å². The Hall–Kier alpha value is -1.98. The number of hydrogen-bond acceptors (Lipinski definition) is 8. The number of rotatable bonds is 22. The van der Waals surface area contributed by atoms with E-state index in [9.17, 15) is 9.59 Å². The van der Waals surface area contributed by atoms with E-state index in [0.717, 1.165) is 103 Å². The topological polar surface area (TPSA) is 89.5 Å². The van der Waals surface area contributed by atoms with E-state index >= 15 is 0 Å². The molecule has 0 fully saturated rings. The lowest BCUT2D eigenvalue weighted by Gasteiger charge is -2.22. The molecule has 0 aliphatic heterocycles. The van der Waals surface area contributed by atoms with Crippen molar-refractivity contribution in [3.8, 4) is 11.8 Å². The minimum Gasteiger partial charge on any atom is -0.432 e. The van der Waals surface area contributed by atoms with Crippen LogP contribution in [0.2, 0.25) is 0 Å². The maximum absolute atomic E-state index is 11.6. The molecule has 0 saturated carbocycles. The molecule has 0 amide bonds. The van der Waals surface area contributed by atoms with Crippen LogP contribution in [0.3, 0.4) is 0 Å². The Bertz CT molecular complexity index is 609. The zero-order valence-corrected chi connectivity index (χ0v) is 25.0. The average Bonchev–Trinajstić information content (AvgIpc) is 2.86. The molecular formula is C30H54O8. The highest BCUT2D eigenvalue weighted by atomic mass is 17.2. The Labute approximate surface area is 231 Å². The largest absolute Gasteiger partial charge is 0.540 e. The molecule has 38 heavy (non-hydrogen) atoms. The monoisotopic (exact) mass is 542 g/mol. The fraction of sp³-hybridized carbons (Fsp3) is 0.867. The Balaban J connectivity index is 3.58. The molecule has 0 unspecified atom stereocenters. The van der Waals surface area contributed by atoms with Crippen LogP contribution in [-0.4, -0.2) is 36.7 Å². The molecule has 0 radical (unpaired) electrons. The summed E-state index contributed by atoms with van der Waals surface area (Å²) >= 11 is 0. The number of hydrogen-bond donors (Lipinski definition) is 0. The van der Waals surface area contributed by atoms with Crippen molar-refractivity contribution in [3.05, 3.63) is 0 Å². The van der Waals surface area contributed by atoms with Gasteiger partial charge in [-0.3, -0.25) is 9.78 Å². The van der Waals surface area contributed by atoms with Crippen LogP contribution in [0.25, 0.3) is 0 Å². The third-order valence-corrected chi connectivity index (χ3v) is 5.89. The Morgan fingerprint density at radius 2 is 0.947 bits per heavy atom. The van der Waals surface area contributed by atoms with Gasteiger partial charge in [-0.15, -0.1) is 11.8 Å². The zero-order chi connectivity index (χ0) is 28.5. The second-order valence-electron chi connectivity index (χ2n) is 10.9. The molecule has 0 aliphatic carbocycles.